The predicted molar refractivity (Wildman–Crippen MR) is 85.0 cm³/mol. The second-order valence-electron chi connectivity index (χ2n) is 5.67. The zero-order valence-corrected chi connectivity index (χ0v) is 12.9. The zero-order chi connectivity index (χ0) is 14.9. The summed E-state index contributed by atoms with van der Waals surface area (Å²) < 4.78 is 19.3. The molecule has 3 rings (SSSR count). The molecule has 0 aromatic heterocycles. The van der Waals surface area contributed by atoms with Crippen molar-refractivity contribution >= 4 is 17.8 Å². The second-order valence-corrected chi connectivity index (χ2v) is 8.50. The van der Waals surface area contributed by atoms with E-state index in [0.29, 0.717) is 6.16 Å². The Bertz CT molecular complexity index is 613. The second kappa shape index (κ2) is 5.42. The molecule has 0 bridgehead atoms. The standard InChI is InChI=1S/C17H19O3P/c1-17(16(12-18)20-17)13-21(19,14-8-4-2-5-9-14)15-10-6-3-7-11-15/h2-11,16,18H,12-13H2,1H3/t16-,17+/m0/s1. The summed E-state index contributed by atoms with van der Waals surface area (Å²) >= 11 is 0. The number of epoxide rings is 1. The summed E-state index contributed by atoms with van der Waals surface area (Å²) in [7, 11) is -2.77. The van der Waals surface area contributed by atoms with Gasteiger partial charge in [0.2, 0.25) is 0 Å². The number of aliphatic hydroxyl groups is 1. The third-order valence-corrected chi connectivity index (χ3v) is 7.42. The summed E-state index contributed by atoms with van der Waals surface area (Å²) in [5.41, 5.74) is -0.504. The van der Waals surface area contributed by atoms with E-state index < -0.39 is 12.7 Å². The summed E-state index contributed by atoms with van der Waals surface area (Å²) in [5.74, 6) is 0. The normalized spacial score (nSPS) is 24.8. The highest BCUT2D eigenvalue weighted by Gasteiger charge is 2.55. The van der Waals surface area contributed by atoms with E-state index in [1.807, 2.05) is 67.6 Å². The summed E-state index contributed by atoms with van der Waals surface area (Å²) in [6.07, 6.45) is 0.206. The van der Waals surface area contributed by atoms with Gasteiger partial charge in [-0.15, -0.1) is 0 Å². The van der Waals surface area contributed by atoms with Crippen LogP contribution in [0.15, 0.2) is 60.7 Å². The van der Waals surface area contributed by atoms with Crippen molar-refractivity contribution in [2.75, 3.05) is 12.8 Å². The van der Waals surface area contributed by atoms with E-state index in [9.17, 15) is 9.67 Å². The van der Waals surface area contributed by atoms with E-state index in [1.54, 1.807) is 0 Å². The Morgan fingerprint density at radius 3 is 1.90 bits per heavy atom. The molecule has 1 aliphatic rings. The molecule has 4 heteroatoms. The number of aliphatic hydroxyl groups excluding tert-OH is 1. The van der Waals surface area contributed by atoms with E-state index in [4.69, 9.17) is 4.74 Å². The molecule has 1 fully saturated rings. The molecule has 0 saturated carbocycles. The molecule has 1 aliphatic heterocycles. The monoisotopic (exact) mass is 302 g/mol. The molecule has 1 heterocycles. The van der Waals surface area contributed by atoms with Crippen LogP contribution in [0.2, 0.25) is 0 Å². The first kappa shape index (κ1) is 14.5. The fourth-order valence-electron chi connectivity index (χ4n) is 2.77. The van der Waals surface area contributed by atoms with Crippen molar-refractivity contribution in [1.82, 2.24) is 0 Å². The van der Waals surface area contributed by atoms with Crippen LogP contribution < -0.4 is 10.6 Å². The van der Waals surface area contributed by atoms with E-state index in [1.165, 1.54) is 0 Å². The molecular weight excluding hydrogens is 283 g/mol. The number of rotatable bonds is 5. The summed E-state index contributed by atoms with van der Waals surface area (Å²) in [6.45, 7) is 1.90. The van der Waals surface area contributed by atoms with Gasteiger partial charge in [0.05, 0.1) is 6.61 Å². The van der Waals surface area contributed by atoms with Crippen molar-refractivity contribution in [1.29, 1.82) is 0 Å². The molecule has 0 aliphatic carbocycles. The van der Waals surface area contributed by atoms with Crippen molar-refractivity contribution in [2.45, 2.75) is 18.6 Å². The molecule has 1 N–H and O–H groups in total. The Morgan fingerprint density at radius 2 is 1.52 bits per heavy atom. The van der Waals surface area contributed by atoms with Gasteiger partial charge in [0.1, 0.15) is 18.8 Å². The molecule has 2 aromatic carbocycles. The Kier molecular flexibility index (Phi) is 3.75. The van der Waals surface area contributed by atoms with Gasteiger partial charge in [0.25, 0.3) is 0 Å². The van der Waals surface area contributed by atoms with Gasteiger partial charge < -0.3 is 14.4 Å². The molecule has 1 saturated heterocycles. The third-order valence-electron chi connectivity index (χ3n) is 4.08. The van der Waals surface area contributed by atoms with Crippen molar-refractivity contribution in [2.24, 2.45) is 0 Å². The average molecular weight is 302 g/mol. The van der Waals surface area contributed by atoms with Gasteiger partial charge in [-0.2, -0.15) is 0 Å². The van der Waals surface area contributed by atoms with E-state index in [0.717, 1.165) is 10.6 Å². The first-order valence-electron chi connectivity index (χ1n) is 7.07. The molecule has 0 spiro atoms. The maximum atomic E-state index is 13.8. The lowest BCUT2D eigenvalue weighted by Crippen LogP contribution is -2.27. The van der Waals surface area contributed by atoms with Gasteiger partial charge in [-0.1, -0.05) is 60.7 Å². The molecule has 110 valence electrons. The molecule has 0 amide bonds. The SMILES string of the molecule is C[C@]1(CP(=O)(c2ccccc2)c2ccccc2)O[C@H]1CO. The highest BCUT2D eigenvalue weighted by Crippen LogP contribution is 2.52. The quantitative estimate of drug-likeness (QED) is 0.680. The largest absolute Gasteiger partial charge is 0.394 e. The molecule has 2 aromatic rings. The van der Waals surface area contributed by atoms with Crippen LogP contribution in [-0.2, 0) is 9.30 Å². The molecule has 3 nitrogen and oxygen atoms in total. The fourth-order valence-corrected chi connectivity index (χ4v) is 5.90. The lowest BCUT2D eigenvalue weighted by atomic mass is 10.1. The van der Waals surface area contributed by atoms with E-state index in [-0.39, 0.29) is 12.7 Å². The lowest BCUT2D eigenvalue weighted by Gasteiger charge is -2.21. The van der Waals surface area contributed by atoms with Crippen LogP contribution in [0.25, 0.3) is 0 Å². The lowest BCUT2D eigenvalue weighted by molar-refractivity contribution is 0.238. The maximum absolute atomic E-state index is 13.8. The zero-order valence-electron chi connectivity index (χ0n) is 12.0. The van der Waals surface area contributed by atoms with Crippen molar-refractivity contribution in [3.63, 3.8) is 0 Å². The third kappa shape index (κ3) is 2.69. The van der Waals surface area contributed by atoms with Gasteiger partial charge in [-0.3, -0.25) is 0 Å². The average Bonchev–Trinajstić information content (AvgIpc) is 3.19. The first-order chi connectivity index (χ1) is 10.1. The van der Waals surface area contributed by atoms with Crippen LogP contribution in [-0.4, -0.2) is 29.6 Å². The van der Waals surface area contributed by atoms with Crippen molar-refractivity contribution in [3.8, 4) is 0 Å². The number of ether oxygens (including phenoxy) is 1. The highest BCUT2D eigenvalue weighted by atomic mass is 31.2. The Labute approximate surface area is 125 Å². The minimum Gasteiger partial charge on any atom is -0.394 e. The van der Waals surface area contributed by atoms with Crippen LogP contribution in [0.5, 0.6) is 0 Å². The minimum atomic E-state index is -2.77. The fraction of sp³-hybridized carbons (Fsp3) is 0.294. The van der Waals surface area contributed by atoms with Gasteiger partial charge in [-0.05, 0) is 6.92 Å². The Morgan fingerprint density at radius 1 is 1.05 bits per heavy atom. The van der Waals surface area contributed by atoms with Crippen LogP contribution in [0, 0.1) is 0 Å². The molecule has 21 heavy (non-hydrogen) atoms. The topological polar surface area (TPSA) is 49.8 Å². The number of hydrogen-bond donors (Lipinski definition) is 1. The highest BCUT2D eigenvalue weighted by molar-refractivity contribution is 7.78. The maximum Gasteiger partial charge on any atom is 0.146 e. The summed E-state index contributed by atoms with van der Waals surface area (Å²) in [6, 6.07) is 19.1. The van der Waals surface area contributed by atoms with Crippen LogP contribution in [0.4, 0.5) is 0 Å². The van der Waals surface area contributed by atoms with Crippen molar-refractivity contribution < 1.29 is 14.4 Å². The molecule has 0 radical (unpaired) electrons. The van der Waals surface area contributed by atoms with E-state index >= 15 is 0 Å². The summed E-state index contributed by atoms with van der Waals surface area (Å²) in [4.78, 5) is 0. The molecule has 2 atom stereocenters. The smallest absolute Gasteiger partial charge is 0.146 e. The van der Waals surface area contributed by atoms with Gasteiger partial charge in [0, 0.05) is 16.8 Å². The van der Waals surface area contributed by atoms with Crippen LogP contribution in [0.3, 0.4) is 0 Å². The van der Waals surface area contributed by atoms with E-state index in [2.05, 4.69) is 0 Å². The minimum absolute atomic E-state index is 0.0277. The van der Waals surface area contributed by atoms with Crippen LogP contribution >= 0.6 is 7.14 Å². The molecular formula is C17H19O3P. The van der Waals surface area contributed by atoms with Gasteiger partial charge in [-0.25, -0.2) is 0 Å². The Balaban J connectivity index is 2.02. The first-order valence-corrected chi connectivity index (χ1v) is 8.97. The summed E-state index contributed by atoms with van der Waals surface area (Å²) in [5, 5.41) is 10.9. The predicted octanol–water partition coefficient (Wildman–Crippen LogP) is 2.15. The number of benzene rings is 2. The number of hydrogen-bond acceptors (Lipinski definition) is 3. The van der Waals surface area contributed by atoms with Crippen molar-refractivity contribution in [3.05, 3.63) is 60.7 Å². The van der Waals surface area contributed by atoms with Crippen LogP contribution in [0.1, 0.15) is 6.92 Å². The Hall–Kier alpha value is -1.41. The van der Waals surface area contributed by atoms with Gasteiger partial charge >= 0.3 is 0 Å². The van der Waals surface area contributed by atoms with Gasteiger partial charge in [0.15, 0.2) is 0 Å². The molecule has 0 unspecified atom stereocenters.